The Kier molecular flexibility index (Phi) is 2.58. The number of rotatable bonds is 1. The van der Waals surface area contributed by atoms with Gasteiger partial charge in [0.1, 0.15) is 0 Å². The molecule has 0 spiro atoms. The van der Waals surface area contributed by atoms with Crippen molar-refractivity contribution in [2.75, 3.05) is 0 Å². The minimum absolute atomic E-state index is 0.751. The highest BCUT2D eigenvalue weighted by molar-refractivity contribution is 9.10. The van der Waals surface area contributed by atoms with Gasteiger partial charge in [0.2, 0.25) is 0 Å². The van der Waals surface area contributed by atoms with Gasteiger partial charge in [0, 0.05) is 21.1 Å². The minimum atomic E-state index is 0.751. The van der Waals surface area contributed by atoms with Crippen LogP contribution in [0.3, 0.4) is 0 Å². The Balaban J connectivity index is 2.80. The highest BCUT2D eigenvalue weighted by atomic mass is 79.9. The molecule has 1 aromatic carbocycles. The summed E-state index contributed by atoms with van der Waals surface area (Å²) >= 11 is 9.46. The quantitative estimate of drug-likeness (QED) is 0.789. The number of aromatic amines is 1. The highest BCUT2D eigenvalue weighted by Gasteiger charge is 2.08. The van der Waals surface area contributed by atoms with Gasteiger partial charge in [-0.1, -0.05) is 18.5 Å². The molecule has 0 aliphatic carbocycles. The van der Waals surface area contributed by atoms with Crippen LogP contribution in [-0.4, -0.2) is 4.98 Å². The van der Waals surface area contributed by atoms with E-state index in [1.165, 1.54) is 16.6 Å². The molecule has 0 saturated heterocycles. The second kappa shape index (κ2) is 3.59. The van der Waals surface area contributed by atoms with Crippen molar-refractivity contribution in [3.05, 3.63) is 32.9 Å². The molecule has 2 rings (SSSR count). The topological polar surface area (TPSA) is 15.8 Å². The van der Waals surface area contributed by atoms with Crippen molar-refractivity contribution in [2.45, 2.75) is 20.3 Å². The molecule has 3 heteroatoms. The average Bonchev–Trinajstić information content (AvgIpc) is 2.45. The van der Waals surface area contributed by atoms with E-state index in [0.717, 1.165) is 21.4 Å². The first kappa shape index (κ1) is 10.1. The predicted molar refractivity (Wildman–Crippen MR) is 65.1 cm³/mol. The summed E-state index contributed by atoms with van der Waals surface area (Å²) in [6.07, 6.45) is 1.02. The monoisotopic (exact) mass is 271 g/mol. The summed E-state index contributed by atoms with van der Waals surface area (Å²) in [7, 11) is 0. The molecule has 1 nitrogen and oxygen atoms in total. The van der Waals surface area contributed by atoms with Crippen molar-refractivity contribution in [3.63, 3.8) is 0 Å². The third-order valence-corrected chi connectivity index (χ3v) is 3.75. The van der Waals surface area contributed by atoms with Crippen LogP contribution in [0.4, 0.5) is 0 Å². The summed E-state index contributed by atoms with van der Waals surface area (Å²) in [6.45, 7) is 4.28. The van der Waals surface area contributed by atoms with E-state index in [0.29, 0.717) is 0 Å². The second-order valence-corrected chi connectivity index (χ2v) is 4.66. The Morgan fingerprint density at radius 3 is 2.79 bits per heavy atom. The summed E-state index contributed by atoms with van der Waals surface area (Å²) in [4.78, 5) is 3.38. The first-order valence-corrected chi connectivity index (χ1v) is 5.76. The first-order chi connectivity index (χ1) is 6.63. The normalized spacial score (nSPS) is 11.1. The minimum Gasteiger partial charge on any atom is -0.358 e. The fourth-order valence-corrected chi connectivity index (χ4v) is 2.24. The van der Waals surface area contributed by atoms with Gasteiger partial charge in [-0.25, -0.2) is 0 Å². The van der Waals surface area contributed by atoms with E-state index in [1.807, 2.05) is 6.07 Å². The number of H-pyrrole nitrogens is 1. The molecule has 14 heavy (non-hydrogen) atoms. The van der Waals surface area contributed by atoms with Crippen LogP contribution in [0, 0.1) is 6.92 Å². The molecule has 0 aliphatic heterocycles. The lowest BCUT2D eigenvalue weighted by atomic mass is 10.1. The van der Waals surface area contributed by atoms with Gasteiger partial charge in [0.05, 0.1) is 5.02 Å². The number of aromatic nitrogens is 1. The lowest BCUT2D eigenvalue weighted by Crippen LogP contribution is -1.80. The zero-order chi connectivity index (χ0) is 10.3. The lowest BCUT2D eigenvalue weighted by molar-refractivity contribution is 1.05. The van der Waals surface area contributed by atoms with Gasteiger partial charge >= 0.3 is 0 Å². The number of hydrogen-bond donors (Lipinski definition) is 1. The van der Waals surface area contributed by atoms with E-state index >= 15 is 0 Å². The number of aryl methyl sites for hydroxylation is 2. The number of nitrogens with one attached hydrogen (secondary N) is 1. The SMILES string of the molecule is CCc1[nH]c2cc(Cl)c(Br)cc2c1C. The van der Waals surface area contributed by atoms with Crippen LogP contribution in [0.25, 0.3) is 10.9 Å². The number of benzene rings is 1. The van der Waals surface area contributed by atoms with Gasteiger partial charge in [-0.15, -0.1) is 0 Å². The van der Waals surface area contributed by atoms with Crippen molar-refractivity contribution < 1.29 is 0 Å². The molecule has 0 bridgehead atoms. The predicted octanol–water partition coefficient (Wildman–Crippen LogP) is 4.45. The maximum atomic E-state index is 6.03. The van der Waals surface area contributed by atoms with E-state index in [2.05, 4.69) is 40.8 Å². The molecule has 2 aromatic rings. The summed E-state index contributed by atoms with van der Waals surface area (Å²) in [5, 5.41) is 2.00. The van der Waals surface area contributed by atoms with Crippen LogP contribution in [0.15, 0.2) is 16.6 Å². The molecule has 0 unspecified atom stereocenters. The van der Waals surface area contributed by atoms with E-state index in [4.69, 9.17) is 11.6 Å². The molecular formula is C11H11BrClN. The Labute approximate surface area is 96.6 Å². The number of halogens is 2. The highest BCUT2D eigenvalue weighted by Crippen LogP contribution is 2.31. The van der Waals surface area contributed by atoms with Crippen molar-refractivity contribution in [3.8, 4) is 0 Å². The van der Waals surface area contributed by atoms with Crippen molar-refractivity contribution >= 4 is 38.4 Å². The zero-order valence-corrected chi connectivity index (χ0v) is 10.5. The van der Waals surface area contributed by atoms with Gasteiger partial charge in [0.15, 0.2) is 0 Å². The van der Waals surface area contributed by atoms with Crippen molar-refractivity contribution in [1.82, 2.24) is 4.98 Å². The number of fused-ring (bicyclic) bond motifs is 1. The van der Waals surface area contributed by atoms with Crippen LogP contribution in [-0.2, 0) is 6.42 Å². The summed E-state index contributed by atoms with van der Waals surface area (Å²) < 4.78 is 0.955. The van der Waals surface area contributed by atoms with Crippen LogP contribution < -0.4 is 0 Å². The van der Waals surface area contributed by atoms with Crippen LogP contribution in [0.1, 0.15) is 18.2 Å². The summed E-state index contributed by atoms with van der Waals surface area (Å²) in [5.41, 5.74) is 3.72. The third kappa shape index (κ3) is 1.47. The van der Waals surface area contributed by atoms with Crippen molar-refractivity contribution in [1.29, 1.82) is 0 Å². The Morgan fingerprint density at radius 1 is 1.43 bits per heavy atom. The fraction of sp³-hybridized carbons (Fsp3) is 0.273. The molecule has 0 radical (unpaired) electrons. The van der Waals surface area contributed by atoms with Gasteiger partial charge in [-0.2, -0.15) is 0 Å². The van der Waals surface area contributed by atoms with Crippen LogP contribution in [0.5, 0.6) is 0 Å². The molecule has 1 aromatic heterocycles. The van der Waals surface area contributed by atoms with Gasteiger partial charge in [-0.3, -0.25) is 0 Å². The van der Waals surface area contributed by atoms with E-state index in [1.54, 1.807) is 0 Å². The Bertz CT molecular complexity index is 487. The summed E-state index contributed by atoms with van der Waals surface area (Å²) in [5.74, 6) is 0. The molecule has 1 heterocycles. The third-order valence-electron chi connectivity index (χ3n) is 2.56. The maximum absolute atomic E-state index is 6.03. The fourth-order valence-electron chi connectivity index (χ4n) is 1.73. The van der Waals surface area contributed by atoms with Crippen molar-refractivity contribution in [2.24, 2.45) is 0 Å². The lowest BCUT2D eigenvalue weighted by Gasteiger charge is -1.96. The molecule has 74 valence electrons. The Morgan fingerprint density at radius 2 is 2.14 bits per heavy atom. The van der Waals surface area contributed by atoms with Crippen LogP contribution in [0.2, 0.25) is 5.02 Å². The second-order valence-electron chi connectivity index (χ2n) is 3.39. The van der Waals surface area contributed by atoms with E-state index in [-0.39, 0.29) is 0 Å². The average molecular weight is 273 g/mol. The molecule has 0 fully saturated rings. The molecule has 0 amide bonds. The molecule has 0 saturated carbocycles. The molecule has 1 N–H and O–H groups in total. The number of hydrogen-bond acceptors (Lipinski definition) is 0. The largest absolute Gasteiger partial charge is 0.358 e. The molecule has 0 atom stereocenters. The van der Waals surface area contributed by atoms with Crippen LogP contribution >= 0.6 is 27.5 Å². The zero-order valence-electron chi connectivity index (χ0n) is 8.12. The molecule has 0 aliphatic rings. The first-order valence-electron chi connectivity index (χ1n) is 4.59. The van der Waals surface area contributed by atoms with Gasteiger partial charge in [-0.05, 0) is 47.0 Å². The van der Waals surface area contributed by atoms with Gasteiger partial charge in [0.25, 0.3) is 0 Å². The summed E-state index contributed by atoms with van der Waals surface area (Å²) in [6, 6.07) is 4.04. The molecular weight excluding hydrogens is 261 g/mol. The van der Waals surface area contributed by atoms with E-state index in [9.17, 15) is 0 Å². The standard InChI is InChI=1S/C11H11BrClN/c1-3-10-6(2)7-4-8(12)9(13)5-11(7)14-10/h4-5,14H,3H2,1-2H3. The van der Waals surface area contributed by atoms with E-state index < -0.39 is 0 Å². The maximum Gasteiger partial charge on any atom is 0.0569 e. The Hall–Kier alpha value is -0.470. The smallest absolute Gasteiger partial charge is 0.0569 e. The van der Waals surface area contributed by atoms with Gasteiger partial charge < -0.3 is 4.98 Å².